The summed E-state index contributed by atoms with van der Waals surface area (Å²) in [5.41, 5.74) is 0.112. The maximum absolute atomic E-state index is 12.8. The zero-order valence-electron chi connectivity index (χ0n) is 16.5. The number of piperazine rings is 1. The highest BCUT2D eigenvalue weighted by Gasteiger charge is 2.31. The van der Waals surface area contributed by atoms with E-state index in [1.54, 1.807) is 23.1 Å². The van der Waals surface area contributed by atoms with E-state index in [1.807, 2.05) is 0 Å². The number of nitro groups is 1. The normalized spacial score (nSPS) is 14.9. The van der Waals surface area contributed by atoms with Gasteiger partial charge in [0.15, 0.2) is 11.5 Å². The third kappa shape index (κ3) is 4.21. The molecule has 0 spiro atoms. The summed E-state index contributed by atoms with van der Waals surface area (Å²) in [6, 6.07) is 9.76. The minimum absolute atomic E-state index is 0.0874. The third-order valence-corrected chi connectivity index (χ3v) is 6.72. The second-order valence-corrected chi connectivity index (χ2v) is 8.46. The molecule has 2 aromatic rings. The molecular weight excluding hydrogens is 414 g/mol. The Morgan fingerprint density at radius 2 is 1.67 bits per heavy atom. The Labute approximate surface area is 173 Å². The van der Waals surface area contributed by atoms with Crippen LogP contribution < -0.4 is 9.47 Å². The number of non-ortho nitro benzene ring substituents is 1. The molecule has 3 rings (SSSR count). The summed E-state index contributed by atoms with van der Waals surface area (Å²) in [7, 11) is -0.921. The van der Waals surface area contributed by atoms with Crippen LogP contribution in [0.25, 0.3) is 0 Å². The number of hydrogen-bond acceptors (Lipinski definition) is 7. The van der Waals surface area contributed by atoms with Crippen molar-refractivity contribution in [1.82, 2.24) is 9.21 Å². The fourth-order valence-electron chi connectivity index (χ4n) is 3.19. The van der Waals surface area contributed by atoms with Crippen molar-refractivity contribution in [2.45, 2.75) is 4.90 Å². The molecule has 0 radical (unpaired) electrons. The summed E-state index contributed by atoms with van der Waals surface area (Å²) in [6.45, 7) is 0.566. The summed E-state index contributed by atoms with van der Waals surface area (Å²) in [5, 5.41) is 10.9. The second-order valence-electron chi connectivity index (χ2n) is 6.52. The first-order valence-corrected chi connectivity index (χ1v) is 10.5. The molecular formula is C19H21N3O7S. The van der Waals surface area contributed by atoms with E-state index in [0.717, 1.165) is 6.07 Å². The lowest BCUT2D eigenvalue weighted by Crippen LogP contribution is -2.50. The predicted molar refractivity (Wildman–Crippen MR) is 107 cm³/mol. The number of hydrogen-bond donors (Lipinski definition) is 0. The standard InChI is InChI=1S/C19H21N3O7S/c1-28-17-7-6-14(12-18(17)29-2)19(23)20-8-10-21(11-9-20)30(26,27)16-5-3-4-15(13-16)22(24)25/h3-7,12-13H,8-11H2,1-2H3. The molecule has 0 atom stereocenters. The van der Waals surface area contributed by atoms with Crippen LogP contribution in [0.3, 0.4) is 0 Å². The van der Waals surface area contributed by atoms with E-state index in [0.29, 0.717) is 17.1 Å². The monoisotopic (exact) mass is 435 g/mol. The molecule has 2 aromatic carbocycles. The Hall–Kier alpha value is -3.18. The van der Waals surface area contributed by atoms with E-state index in [-0.39, 0.29) is 42.7 Å². The Balaban J connectivity index is 1.72. The van der Waals surface area contributed by atoms with Crippen LogP contribution in [0.15, 0.2) is 47.4 Å². The summed E-state index contributed by atoms with van der Waals surface area (Å²) in [6.07, 6.45) is 0. The van der Waals surface area contributed by atoms with Gasteiger partial charge in [-0.2, -0.15) is 4.31 Å². The lowest BCUT2D eigenvalue weighted by molar-refractivity contribution is -0.385. The quantitative estimate of drug-likeness (QED) is 0.501. The number of ether oxygens (including phenoxy) is 2. The molecule has 1 amide bonds. The van der Waals surface area contributed by atoms with Gasteiger partial charge in [-0.1, -0.05) is 6.07 Å². The van der Waals surface area contributed by atoms with Crippen LogP contribution in [0.1, 0.15) is 10.4 Å². The molecule has 0 N–H and O–H groups in total. The fourth-order valence-corrected chi connectivity index (χ4v) is 4.65. The molecule has 0 aromatic heterocycles. The van der Waals surface area contributed by atoms with E-state index in [2.05, 4.69) is 0 Å². The van der Waals surface area contributed by atoms with Crippen LogP contribution in [0.2, 0.25) is 0 Å². The Morgan fingerprint density at radius 3 is 2.27 bits per heavy atom. The number of methoxy groups -OCH3 is 2. The first-order chi connectivity index (χ1) is 14.3. The molecule has 1 heterocycles. The Kier molecular flexibility index (Phi) is 6.22. The smallest absolute Gasteiger partial charge is 0.270 e. The number of nitrogens with zero attached hydrogens (tertiary/aromatic N) is 3. The molecule has 0 unspecified atom stereocenters. The van der Waals surface area contributed by atoms with Crippen molar-refractivity contribution in [3.05, 3.63) is 58.1 Å². The van der Waals surface area contributed by atoms with Gasteiger partial charge in [-0.25, -0.2) is 8.42 Å². The fraction of sp³-hybridized carbons (Fsp3) is 0.316. The minimum atomic E-state index is -3.90. The molecule has 1 saturated heterocycles. The zero-order valence-corrected chi connectivity index (χ0v) is 17.3. The van der Waals surface area contributed by atoms with Crippen molar-refractivity contribution in [3.8, 4) is 11.5 Å². The molecule has 10 nitrogen and oxygen atoms in total. The molecule has 0 aliphatic carbocycles. The highest BCUT2D eigenvalue weighted by atomic mass is 32.2. The summed E-state index contributed by atoms with van der Waals surface area (Å²) >= 11 is 0. The number of nitro benzene ring substituents is 1. The maximum atomic E-state index is 12.8. The van der Waals surface area contributed by atoms with Gasteiger partial charge in [0.25, 0.3) is 11.6 Å². The first-order valence-electron chi connectivity index (χ1n) is 9.04. The number of carbonyl (C=O) groups is 1. The van der Waals surface area contributed by atoms with E-state index in [9.17, 15) is 23.3 Å². The Morgan fingerprint density at radius 1 is 1.00 bits per heavy atom. The van der Waals surface area contributed by atoms with Crippen molar-refractivity contribution in [2.24, 2.45) is 0 Å². The summed E-state index contributed by atoms with van der Waals surface area (Å²) < 4.78 is 37.3. The van der Waals surface area contributed by atoms with Crippen LogP contribution in [-0.2, 0) is 10.0 Å². The first kappa shape index (κ1) is 21.5. The van der Waals surface area contributed by atoms with Gasteiger partial charge >= 0.3 is 0 Å². The average molecular weight is 435 g/mol. The third-order valence-electron chi connectivity index (χ3n) is 4.82. The summed E-state index contributed by atoms with van der Waals surface area (Å²) in [4.78, 5) is 24.5. The van der Waals surface area contributed by atoms with Gasteiger partial charge in [0.1, 0.15) is 0 Å². The zero-order chi connectivity index (χ0) is 21.9. The van der Waals surface area contributed by atoms with Gasteiger partial charge in [0.2, 0.25) is 10.0 Å². The van der Waals surface area contributed by atoms with Gasteiger partial charge in [-0.15, -0.1) is 0 Å². The van der Waals surface area contributed by atoms with E-state index >= 15 is 0 Å². The minimum Gasteiger partial charge on any atom is -0.493 e. The predicted octanol–water partition coefficient (Wildman–Crippen LogP) is 1.76. The molecule has 30 heavy (non-hydrogen) atoms. The lowest BCUT2D eigenvalue weighted by Gasteiger charge is -2.34. The van der Waals surface area contributed by atoms with E-state index < -0.39 is 14.9 Å². The van der Waals surface area contributed by atoms with Gasteiger partial charge in [-0.3, -0.25) is 14.9 Å². The number of amides is 1. The van der Waals surface area contributed by atoms with Crippen molar-refractivity contribution in [3.63, 3.8) is 0 Å². The van der Waals surface area contributed by atoms with E-state index in [4.69, 9.17) is 9.47 Å². The van der Waals surface area contributed by atoms with Crippen molar-refractivity contribution in [1.29, 1.82) is 0 Å². The van der Waals surface area contributed by atoms with Crippen LogP contribution in [0, 0.1) is 10.1 Å². The molecule has 1 fully saturated rings. The number of sulfonamides is 1. The van der Waals surface area contributed by atoms with Gasteiger partial charge in [-0.05, 0) is 24.3 Å². The van der Waals surface area contributed by atoms with Crippen LogP contribution in [0.4, 0.5) is 5.69 Å². The lowest BCUT2D eigenvalue weighted by atomic mass is 10.1. The average Bonchev–Trinajstić information content (AvgIpc) is 2.78. The number of rotatable bonds is 6. The molecule has 0 bridgehead atoms. The van der Waals surface area contributed by atoms with Crippen molar-refractivity contribution < 1.29 is 27.6 Å². The van der Waals surface area contributed by atoms with Crippen molar-refractivity contribution >= 4 is 21.6 Å². The van der Waals surface area contributed by atoms with Gasteiger partial charge in [0, 0.05) is 43.9 Å². The van der Waals surface area contributed by atoms with Gasteiger partial charge < -0.3 is 14.4 Å². The van der Waals surface area contributed by atoms with Crippen molar-refractivity contribution in [2.75, 3.05) is 40.4 Å². The van der Waals surface area contributed by atoms with Gasteiger partial charge in [0.05, 0.1) is 24.0 Å². The topological polar surface area (TPSA) is 119 Å². The Bertz CT molecular complexity index is 1060. The molecule has 11 heteroatoms. The van der Waals surface area contributed by atoms with Crippen LogP contribution in [0.5, 0.6) is 11.5 Å². The largest absolute Gasteiger partial charge is 0.493 e. The highest BCUT2D eigenvalue weighted by molar-refractivity contribution is 7.89. The molecule has 1 aliphatic heterocycles. The van der Waals surface area contributed by atoms with Crippen LogP contribution >= 0.6 is 0 Å². The molecule has 1 aliphatic rings. The maximum Gasteiger partial charge on any atom is 0.270 e. The number of benzene rings is 2. The molecule has 160 valence electrons. The molecule has 0 saturated carbocycles. The highest BCUT2D eigenvalue weighted by Crippen LogP contribution is 2.28. The SMILES string of the molecule is COc1ccc(C(=O)N2CCN(S(=O)(=O)c3cccc([N+](=O)[O-])c3)CC2)cc1OC. The van der Waals surface area contributed by atoms with E-state index in [1.165, 1.54) is 36.7 Å². The second kappa shape index (κ2) is 8.67. The number of carbonyl (C=O) groups excluding carboxylic acids is 1. The summed E-state index contributed by atoms with van der Waals surface area (Å²) in [5.74, 6) is 0.681. The van der Waals surface area contributed by atoms with Crippen LogP contribution in [-0.4, -0.2) is 68.9 Å².